The number of nitrogens with two attached hydrogens (primary N) is 1. The zero-order valence-corrected chi connectivity index (χ0v) is 19.6. The Labute approximate surface area is 191 Å². The Balaban J connectivity index is 1.80. The average Bonchev–Trinajstić information content (AvgIpc) is 3.24. The van der Waals surface area contributed by atoms with E-state index in [4.69, 9.17) is 5.73 Å². The van der Waals surface area contributed by atoms with Crippen molar-refractivity contribution in [3.63, 3.8) is 0 Å². The molecule has 178 valence electrons. The molecule has 0 bridgehead atoms. The van der Waals surface area contributed by atoms with E-state index in [0.717, 1.165) is 6.42 Å². The molecule has 0 spiro atoms. The molecule has 1 unspecified atom stereocenters. The summed E-state index contributed by atoms with van der Waals surface area (Å²) in [6.07, 6.45) is 1.85. The number of alkyl halides is 2. The molecular formula is C22H27F2N5O3S. The Kier molecular flexibility index (Phi) is 5.58. The standard InChI is InChI=1S/C22H27F2N5O3S/c1-14-11-21(2,3)29(12-14)20-18(19(25)30)15(7-9-26-20)33(31,32)17-6-4-5-16(27-17)28-10-8-22(23,24)13-28/h4-7,9,14H,8,10-13H2,1-3H3,(H2,25,30). The van der Waals surface area contributed by atoms with Gasteiger partial charge in [-0.15, -0.1) is 0 Å². The minimum atomic E-state index is -4.29. The number of carbonyl (C=O) groups excluding carboxylic acids is 1. The molecule has 1 atom stereocenters. The van der Waals surface area contributed by atoms with Crippen molar-refractivity contribution in [2.75, 3.05) is 29.4 Å². The zero-order valence-electron chi connectivity index (χ0n) is 18.8. The van der Waals surface area contributed by atoms with Crippen LogP contribution in [0.5, 0.6) is 0 Å². The second-order valence-corrected chi connectivity index (χ2v) is 11.3. The molecule has 2 aliphatic heterocycles. The molecule has 33 heavy (non-hydrogen) atoms. The normalized spacial score (nSPS) is 22.0. The van der Waals surface area contributed by atoms with Crippen molar-refractivity contribution in [2.45, 2.75) is 55.0 Å². The Hall–Kier alpha value is -2.82. The predicted molar refractivity (Wildman–Crippen MR) is 119 cm³/mol. The second-order valence-electron chi connectivity index (χ2n) is 9.47. The van der Waals surface area contributed by atoms with Crippen molar-refractivity contribution < 1.29 is 22.0 Å². The lowest BCUT2D eigenvalue weighted by Crippen LogP contribution is -2.40. The van der Waals surface area contributed by atoms with Gasteiger partial charge >= 0.3 is 0 Å². The third kappa shape index (κ3) is 4.25. The Morgan fingerprint density at radius 3 is 2.55 bits per heavy atom. The van der Waals surface area contributed by atoms with Crippen LogP contribution in [0.25, 0.3) is 0 Å². The number of pyridine rings is 2. The molecule has 2 aliphatic rings. The van der Waals surface area contributed by atoms with E-state index in [0.29, 0.717) is 12.5 Å². The summed E-state index contributed by atoms with van der Waals surface area (Å²) in [6.45, 7) is 6.21. The average molecular weight is 480 g/mol. The van der Waals surface area contributed by atoms with Crippen LogP contribution in [0.1, 0.15) is 44.0 Å². The number of sulfone groups is 1. The highest BCUT2D eigenvalue weighted by Gasteiger charge is 2.41. The largest absolute Gasteiger partial charge is 0.365 e. The van der Waals surface area contributed by atoms with Crippen LogP contribution in [0, 0.1) is 5.92 Å². The number of halogens is 2. The number of carbonyl (C=O) groups is 1. The lowest BCUT2D eigenvalue weighted by atomic mass is 9.97. The molecule has 0 radical (unpaired) electrons. The number of hydrogen-bond acceptors (Lipinski definition) is 7. The lowest BCUT2D eigenvalue weighted by molar-refractivity contribution is 0.0256. The molecule has 2 saturated heterocycles. The van der Waals surface area contributed by atoms with Gasteiger partial charge in [0.2, 0.25) is 9.84 Å². The van der Waals surface area contributed by atoms with Crippen LogP contribution in [0.15, 0.2) is 40.4 Å². The van der Waals surface area contributed by atoms with E-state index >= 15 is 0 Å². The summed E-state index contributed by atoms with van der Waals surface area (Å²) in [5.74, 6) is -3.09. The molecule has 8 nitrogen and oxygen atoms in total. The minimum Gasteiger partial charge on any atom is -0.365 e. The lowest BCUT2D eigenvalue weighted by Gasteiger charge is -2.33. The van der Waals surface area contributed by atoms with Gasteiger partial charge in [-0.3, -0.25) is 4.79 Å². The number of nitrogens with zero attached hydrogens (tertiary/aromatic N) is 4. The van der Waals surface area contributed by atoms with E-state index in [9.17, 15) is 22.0 Å². The summed E-state index contributed by atoms with van der Waals surface area (Å²) in [7, 11) is -4.29. The van der Waals surface area contributed by atoms with Crippen molar-refractivity contribution in [3.8, 4) is 0 Å². The second kappa shape index (κ2) is 7.89. The van der Waals surface area contributed by atoms with Crippen molar-refractivity contribution in [2.24, 2.45) is 11.7 Å². The fraction of sp³-hybridized carbons (Fsp3) is 0.500. The molecule has 11 heteroatoms. The molecule has 2 aromatic rings. The topological polar surface area (TPSA) is 109 Å². The molecule has 0 aromatic carbocycles. The van der Waals surface area contributed by atoms with E-state index < -0.39 is 28.2 Å². The third-order valence-corrected chi connectivity index (χ3v) is 7.93. The molecule has 1 amide bonds. The van der Waals surface area contributed by atoms with Gasteiger partial charge in [0.05, 0.1) is 11.4 Å². The smallest absolute Gasteiger partial charge is 0.266 e. The number of anilines is 2. The van der Waals surface area contributed by atoms with Crippen molar-refractivity contribution in [1.29, 1.82) is 0 Å². The number of primary amides is 1. The summed E-state index contributed by atoms with van der Waals surface area (Å²) in [4.78, 5) is 23.9. The maximum Gasteiger partial charge on any atom is 0.266 e. The van der Waals surface area contributed by atoms with Gasteiger partial charge in [-0.05, 0) is 44.4 Å². The molecule has 4 rings (SSSR count). The number of amides is 1. The zero-order chi connectivity index (χ0) is 24.2. The summed E-state index contributed by atoms with van der Waals surface area (Å²) in [5, 5.41) is -0.344. The van der Waals surface area contributed by atoms with Crippen molar-refractivity contribution in [3.05, 3.63) is 36.0 Å². The van der Waals surface area contributed by atoms with Gasteiger partial charge in [-0.1, -0.05) is 13.0 Å². The highest BCUT2D eigenvalue weighted by atomic mass is 32.2. The summed E-state index contributed by atoms with van der Waals surface area (Å²) >= 11 is 0. The third-order valence-electron chi connectivity index (χ3n) is 6.24. The maximum atomic E-state index is 13.7. The molecule has 0 aliphatic carbocycles. The number of aromatic nitrogens is 2. The van der Waals surface area contributed by atoms with Crippen LogP contribution in [-0.2, 0) is 9.84 Å². The van der Waals surface area contributed by atoms with Gasteiger partial charge in [-0.2, -0.15) is 0 Å². The van der Waals surface area contributed by atoms with Gasteiger partial charge in [0, 0.05) is 31.2 Å². The van der Waals surface area contributed by atoms with E-state index in [1.54, 1.807) is 0 Å². The first-order valence-corrected chi connectivity index (χ1v) is 12.2. The van der Waals surface area contributed by atoms with Crippen LogP contribution in [0.4, 0.5) is 20.4 Å². The van der Waals surface area contributed by atoms with Crippen LogP contribution < -0.4 is 15.5 Å². The molecular weight excluding hydrogens is 452 g/mol. The Morgan fingerprint density at radius 1 is 1.24 bits per heavy atom. The van der Waals surface area contributed by atoms with E-state index in [1.165, 1.54) is 35.4 Å². The molecule has 2 aromatic heterocycles. The van der Waals surface area contributed by atoms with E-state index in [2.05, 4.69) is 16.9 Å². The fourth-order valence-electron chi connectivity index (χ4n) is 4.83. The van der Waals surface area contributed by atoms with Crippen LogP contribution in [0.2, 0.25) is 0 Å². The van der Waals surface area contributed by atoms with Crippen LogP contribution in [-0.4, -0.2) is 55.4 Å². The van der Waals surface area contributed by atoms with Crippen molar-refractivity contribution in [1.82, 2.24) is 9.97 Å². The highest BCUT2D eigenvalue weighted by Crippen LogP contribution is 2.39. The van der Waals surface area contributed by atoms with Gasteiger partial charge in [-0.25, -0.2) is 27.2 Å². The summed E-state index contributed by atoms with van der Waals surface area (Å²) < 4.78 is 54.4. The monoisotopic (exact) mass is 479 g/mol. The molecule has 2 fully saturated rings. The Bertz CT molecular complexity index is 1200. The first kappa shape index (κ1) is 23.3. The first-order chi connectivity index (χ1) is 15.3. The first-order valence-electron chi connectivity index (χ1n) is 10.7. The molecule has 2 N–H and O–H groups in total. The SMILES string of the molecule is CC1CN(c2nccc(S(=O)(=O)c3cccc(N4CCC(F)(F)C4)n3)c2C(N)=O)C(C)(C)C1. The maximum absolute atomic E-state index is 13.7. The van der Waals surface area contributed by atoms with Crippen LogP contribution in [0.3, 0.4) is 0 Å². The van der Waals surface area contributed by atoms with Gasteiger partial charge in [0.25, 0.3) is 11.8 Å². The molecule has 4 heterocycles. The predicted octanol–water partition coefficient (Wildman–Crippen LogP) is 2.88. The Morgan fingerprint density at radius 2 is 1.97 bits per heavy atom. The minimum absolute atomic E-state index is 0.0671. The van der Waals surface area contributed by atoms with Gasteiger partial charge in [0.1, 0.15) is 17.2 Å². The quantitative estimate of drug-likeness (QED) is 0.702. The fourth-order valence-corrected chi connectivity index (χ4v) is 6.22. The number of hydrogen-bond donors (Lipinski definition) is 1. The summed E-state index contributed by atoms with van der Waals surface area (Å²) in [6, 6.07) is 5.44. The van der Waals surface area contributed by atoms with E-state index in [-0.39, 0.29) is 45.6 Å². The van der Waals surface area contributed by atoms with Crippen molar-refractivity contribution >= 4 is 27.4 Å². The highest BCUT2D eigenvalue weighted by molar-refractivity contribution is 7.91. The number of rotatable bonds is 5. The van der Waals surface area contributed by atoms with Crippen LogP contribution >= 0.6 is 0 Å². The summed E-state index contributed by atoms with van der Waals surface area (Å²) in [5.41, 5.74) is 5.11. The van der Waals surface area contributed by atoms with Gasteiger partial charge < -0.3 is 15.5 Å². The van der Waals surface area contributed by atoms with Gasteiger partial charge in [0.15, 0.2) is 5.03 Å². The molecule has 0 saturated carbocycles. The van der Waals surface area contributed by atoms with E-state index in [1.807, 2.05) is 18.7 Å².